The van der Waals surface area contributed by atoms with E-state index in [4.69, 9.17) is 12.2 Å². The predicted molar refractivity (Wildman–Crippen MR) is 58.8 cm³/mol. The third-order valence-corrected chi connectivity index (χ3v) is 2.54. The van der Waals surface area contributed by atoms with Crippen molar-refractivity contribution in [2.75, 3.05) is 0 Å². The molecule has 3 heteroatoms. The molecule has 1 nitrogen and oxygen atoms in total. The fraction of sp³-hybridized carbons (Fsp3) is 0. The third kappa shape index (κ3) is 2.03. The molecule has 1 heterocycles. The molecule has 1 aromatic rings. The zero-order valence-electron chi connectivity index (χ0n) is 6.54. The molecule has 62 valence electrons. The number of allylic oxidation sites excluding steroid dienone is 2. The molecule has 0 aliphatic rings. The second-order valence-electron chi connectivity index (χ2n) is 2.09. The van der Waals surface area contributed by atoms with Crippen molar-refractivity contribution < 1.29 is 0 Å². The van der Waals surface area contributed by atoms with Gasteiger partial charge in [-0.1, -0.05) is 25.3 Å². The van der Waals surface area contributed by atoms with Crippen molar-refractivity contribution in [3.63, 3.8) is 0 Å². The molecule has 1 aromatic heterocycles. The van der Waals surface area contributed by atoms with Crippen LogP contribution in [0.4, 0.5) is 0 Å². The van der Waals surface area contributed by atoms with Crippen LogP contribution in [0, 0.1) is 3.95 Å². The van der Waals surface area contributed by atoms with Crippen molar-refractivity contribution in [1.29, 1.82) is 0 Å². The van der Waals surface area contributed by atoms with Gasteiger partial charge in [0.15, 0.2) is 3.95 Å². The van der Waals surface area contributed by atoms with Gasteiger partial charge < -0.3 is 4.98 Å². The molecule has 1 rings (SSSR count). The Kier molecular flexibility index (Phi) is 3.19. The molecule has 0 aliphatic carbocycles. The van der Waals surface area contributed by atoms with Gasteiger partial charge in [0.1, 0.15) is 0 Å². The van der Waals surface area contributed by atoms with E-state index >= 15 is 0 Å². The van der Waals surface area contributed by atoms with Gasteiger partial charge in [-0.15, -0.1) is 11.3 Å². The zero-order chi connectivity index (χ0) is 8.97. The topological polar surface area (TPSA) is 15.8 Å². The van der Waals surface area contributed by atoms with Crippen molar-refractivity contribution in [2.24, 2.45) is 0 Å². The van der Waals surface area contributed by atoms with Crippen LogP contribution >= 0.6 is 23.6 Å². The fourth-order valence-corrected chi connectivity index (χ4v) is 1.84. The van der Waals surface area contributed by atoms with Gasteiger partial charge in [0.25, 0.3) is 0 Å². The molecule has 0 amide bonds. The molecule has 0 radical (unpaired) electrons. The summed E-state index contributed by atoms with van der Waals surface area (Å²) in [6.07, 6.45) is 7.30. The van der Waals surface area contributed by atoms with Gasteiger partial charge >= 0.3 is 0 Å². The first-order valence-corrected chi connectivity index (χ1v) is 4.65. The molecule has 0 atom stereocenters. The van der Waals surface area contributed by atoms with E-state index in [-0.39, 0.29) is 0 Å². The lowest BCUT2D eigenvalue weighted by Gasteiger charge is -1.86. The number of aromatic nitrogens is 1. The maximum absolute atomic E-state index is 4.99. The lowest BCUT2D eigenvalue weighted by molar-refractivity contribution is 1.35. The van der Waals surface area contributed by atoms with Crippen LogP contribution in [0.3, 0.4) is 0 Å². The smallest absolute Gasteiger partial charge is 0.159 e. The monoisotopic (exact) mass is 195 g/mol. The number of hydrogen-bond acceptors (Lipinski definition) is 2. The molecule has 0 aliphatic heterocycles. The quantitative estimate of drug-likeness (QED) is 0.575. The maximum atomic E-state index is 4.99. The first-order valence-electron chi connectivity index (χ1n) is 3.42. The Morgan fingerprint density at radius 3 is 2.75 bits per heavy atom. The standard InChI is InChI=1S/C9H9NS2/c1-3-5-6-7-8(4-2)12-9(11)10-7/h3-6H,1-2H2,(H,10,11)/b6-5-. The van der Waals surface area contributed by atoms with E-state index in [9.17, 15) is 0 Å². The molecule has 0 saturated carbocycles. The number of aromatic amines is 1. The van der Waals surface area contributed by atoms with E-state index in [2.05, 4.69) is 18.1 Å². The van der Waals surface area contributed by atoms with Crippen molar-refractivity contribution in [3.8, 4) is 0 Å². The van der Waals surface area contributed by atoms with Gasteiger partial charge in [-0.25, -0.2) is 0 Å². The summed E-state index contributed by atoms with van der Waals surface area (Å²) >= 11 is 6.51. The molecule has 12 heavy (non-hydrogen) atoms. The molecule has 1 N–H and O–H groups in total. The van der Waals surface area contributed by atoms with Crippen molar-refractivity contribution in [3.05, 3.63) is 39.8 Å². The maximum Gasteiger partial charge on any atom is 0.159 e. The van der Waals surface area contributed by atoms with Gasteiger partial charge in [-0.3, -0.25) is 0 Å². The van der Waals surface area contributed by atoms with Crippen LogP contribution in [0.5, 0.6) is 0 Å². The van der Waals surface area contributed by atoms with E-state index in [1.807, 2.05) is 12.2 Å². The van der Waals surface area contributed by atoms with Gasteiger partial charge in [0, 0.05) is 0 Å². The van der Waals surface area contributed by atoms with Gasteiger partial charge in [-0.2, -0.15) is 0 Å². The molecule has 0 aromatic carbocycles. The fourth-order valence-electron chi connectivity index (χ4n) is 0.792. The van der Waals surface area contributed by atoms with Crippen LogP contribution in [0.1, 0.15) is 10.6 Å². The van der Waals surface area contributed by atoms with Crippen molar-refractivity contribution >= 4 is 35.7 Å². The highest BCUT2D eigenvalue weighted by Gasteiger charge is 1.97. The van der Waals surface area contributed by atoms with E-state index in [0.29, 0.717) is 0 Å². The minimum atomic E-state index is 0.772. The van der Waals surface area contributed by atoms with Crippen molar-refractivity contribution in [2.45, 2.75) is 0 Å². The second kappa shape index (κ2) is 4.18. The van der Waals surface area contributed by atoms with Crippen molar-refractivity contribution in [1.82, 2.24) is 4.98 Å². The van der Waals surface area contributed by atoms with Crippen LogP contribution in [-0.2, 0) is 0 Å². The molecule has 0 fully saturated rings. The Morgan fingerprint density at radius 1 is 1.42 bits per heavy atom. The molecular formula is C9H9NS2. The first-order chi connectivity index (χ1) is 5.77. The zero-order valence-corrected chi connectivity index (χ0v) is 8.17. The van der Waals surface area contributed by atoms with Crippen LogP contribution in [0.15, 0.2) is 25.3 Å². The Labute approximate surface area is 80.8 Å². The summed E-state index contributed by atoms with van der Waals surface area (Å²) < 4.78 is 0.772. The minimum Gasteiger partial charge on any atom is -0.337 e. The number of thiazole rings is 1. The summed E-state index contributed by atoms with van der Waals surface area (Å²) in [5, 5.41) is 0. The molecule has 0 bridgehead atoms. The largest absolute Gasteiger partial charge is 0.337 e. The number of hydrogen-bond donors (Lipinski definition) is 1. The minimum absolute atomic E-state index is 0.772. The average molecular weight is 195 g/mol. The highest BCUT2D eigenvalue weighted by atomic mass is 32.1. The predicted octanol–water partition coefficient (Wildman–Crippen LogP) is 3.65. The number of nitrogens with one attached hydrogen (secondary N) is 1. The molecule has 0 spiro atoms. The second-order valence-corrected chi connectivity index (χ2v) is 3.81. The van der Waals surface area contributed by atoms with Crippen LogP contribution in [0.2, 0.25) is 0 Å². The summed E-state index contributed by atoms with van der Waals surface area (Å²) in [5.41, 5.74) is 1.000. The molecule has 0 unspecified atom stereocenters. The first kappa shape index (κ1) is 9.16. The van der Waals surface area contributed by atoms with Crippen LogP contribution in [-0.4, -0.2) is 4.98 Å². The summed E-state index contributed by atoms with van der Waals surface area (Å²) in [7, 11) is 0. The Bertz CT molecular complexity index is 368. The van der Waals surface area contributed by atoms with Crippen LogP contribution in [0.25, 0.3) is 12.2 Å². The van der Waals surface area contributed by atoms with Gasteiger partial charge in [0.2, 0.25) is 0 Å². The Hall–Kier alpha value is -0.930. The number of rotatable bonds is 3. The van der Waals surface area contributed by atoms with E-state index in [1.165, 1.54) is 11.3 Å². The van der Waals surface area contributed by atoms with E-state index in [0.717, 1.165) is 14.5 Å². The highest BCUT2D eigenvalue weighted by Crippen LogP contribution is 2.17. The summed E-state index contributed by atoms with van der Waals surface area (Å²) in [5.74, 6) is 0. The Balaban J connectivity index is 3.12. The van der Waals surface area contributed by atoms with Gasteiger partial charge in [0.05, 0.1) is 10.6 Å². The van der Waals surface area contributed by atoms with E-state index < -0.39 is 0 Å². The summed E-state index contributed by atoms with van der Waals surface area (Å²) in [6, 6.07) is 0. The highest BCUT2D eigenvalue weighted by molar-refractivity contribution is 7.73. The van der Waals surface area contributed by atoms with E-state index in [1.54, 1.807) is 12.2 Å². The lowest BCUT2D eigenvalue weighted by Crippen LogP contribution is -1.72. The normalized spacial score (nSPS) is 10.3. The number of H-pyrrole nitrogens is 1. The summed E-state index contributed by atoms with van der Waals surface area (Å²) in [6.45, 7) is 7.29. The SMILES string of the molecule is C=C/C=C\c1[nH]c(=S)sc1C=C. The van der Waals surface area contributed by atoms with Gasteiger partial charge in [-0.05, 0) is 24.4 Å². The lowest BCUT2D eigenvalue weighted by atomic mass is 10.3. The molecular weight excluding hydrogens is 186 g/mol. The van der Waals surface area contributed by atoms with Crippen LogP contribution < -0.4 is 0 Å². The summed E-state index contributed by atoms with van der Waals surface area (Å²) in [4.78, 5) is 4.13. The third-order valence-electron chi connectivity index (χ3n) is 1.29. The molecule has 0 saturated heterocycles. The average Bonchev–Trinajstić information content (AvgIpc) is 2.42. The Morgan fingerprint density at radius 2 is 2.17 bits per heavy atom.